The highest BCUT2D eigenvalue weighted by Gasteiger charge is 2.31. The van der Waals surface area contributed by atoms with Crippen LogP contribution in [0.4, 0.5) is 13.2 Å². The fraction of sp³-hybridized carbons (Fsp3) is 0.389. The summed E-state index contributed by atoms with van der Waals surface area (Å²) in [5.41, 5.74) is 1.02. The number of ether oxygens (including phenoxy) is 1. The zero-order chi connectivity index (χ0) is 20.9. The van der Waals surface area contributed by atoms with Crippen molar-refractivity contribution >= 4 is 23.2 Å². The van der Waals surface area contributed by atoms with Gasteiger partial charge in [0, 0.05) is 10.9 Å². The van der Waals surface area contributed by atoms with Gasteiger partial charge in [-0.2, -0.15) is 0 Å². The maximum absolute atomic E-state index is 12.2. The molecular formula is C18H19F3N2O4S. The van der Waals surface area contributed by atoms with Gasteiger partial charge < -0.3 is 15.2 Å². The van der Waals surface area contributed by atoms with Gasteiger partial charge in [0.2, 0.25) is 5.91 Å². The molecule has 0 aliphatic carbocycles. The summed E-state index contributed by atoms with van der Waals surface area (Å²) in [6.07, 6.45) is -4.25. The lowest BCUT2D eigenvalue weighted by molar-refractivity contribution is -0.274. The van der Waals surface area contributed by atoms with E-state index >= 15 is 0 Å². The lowest BCUT2D eigenvalue weighted by Crippen LogP contribution is -2.45. The number of hydrogen-bond acceptors (Lipinski definition) is 5. The van der Waals surface area contributed by atoms with Crippen LogP contribution in [0.2, 0.25) is 0 Å². The van der Waals surface area contributed by atoms with Crippen molar-refractivity contribution in [2.45, 2.75) is 39.1 Å². The Balaban J connectivity index is 2.01. The molecule has 2 atom stereocenters. The van der Waals surface area contributed by atoms with Crippen molar-refractivity contribution < 1.29 is 32.6 Å². The van der Waals surface area contributed by atoms with Crippen LogP contribution in [-0.2, 0) is 16.0 Å². The normalized spacial score (nSPS) is 13.6. The van der Waals surface area contributed by atoms with Gasteiger partial charge in [0.15, 0.2) is 0 Å². The largest absolute Gasteiger partial charge is 0.573 e. The van der Waals surface area contributed by atoms with Crippen molar-refractivity contribution in [2.75, 3.05) is 0 Å². The van der Waals surface area contributed by atoms with E-state index in [1.54, 1.807) is 12.3 Å². The van der Waals surface area contributed by atoms with E-state index in [0.717, 1.165) is 0 Å². The number of hydrogen-bond donors (Lipinski definition) is 2. The molecule has 1 aromatic carbocycles. The van der Waals surface area contributed by atoms with Gasteiger partial charge in [-0.1, -0.05) is 20.3 Å². The maximum Gasteiger partial charge on any atom is 0.573 e. The van der Waals surface area contributed by atoms with Crippen molar-refractivity contribution in [1.29, 1.82) is 0 Å². The number of nitrogens with zero attached hydrogens (tertiary/aromatic N) is 1. The van der Waals surface area contributed by atoms with Gasteiger partial charge >= 0.3 is 12.3 Å². The van der Waals surface area contributed by atoms with Crippen LogP contribution < -0.4 is 10.1 Å². The number of aromatic nitrogens is 1. The topological polar surface area (TPSA) is 88.5 Å². The average Bonchev–Trinajstić information content (AvgIpc) is 3.06. The van der Waals surface area contributed by atoms with Crippen LogP contribution in [-0.4, -0.2) is 34.4 Å². The summed E-state index contributed by atoms with van der Waals surface area (Å²) in [5.74, 6) is -2.11. The number of benzene rings is 1. The van der Waals surface area contributed by atoms with Gasteiger partial charge in [-0.25, -0.2) is 9.78 Å². The van der Waals surface area contributed by atoms with Crippen LogP contribution in [0.1, 0.15) is 26.0 Å². The summed E-state index contributed by atoms with van der Waals surface area (Å²) < 4.78 is 40.4. The monoisotopic (exact) mass is 416 g/mol. The molecule has 152 valence electrons. The second-order valence-electron chi connectivity index (χ2n) is 6.16. The number of carbonyl (C=O) groups is 2. The third-order valence-electron chi connectivity index (χ3n) is 4.02. The van der Waals surface area contributed by atoms with Crippen LogP contribution >= 0.6 is 11.3 Å². The number of amides is 1. The molecule has 28 heavy (non-hydrogen) atoms. The number of rotatable bonds is 8. The van der Waals surface area contributed by atoms with E-state index in [-0.39, 0.29) is 18.1 Å². The fourth-order valence-corrected chi connectivity index (χ4v) is 3.22. The molecule has 0 aliphatic rings. The highest BCUT2D eigenvalue weighted by Crippen LogP contribution is 2.28. The summed E-state index contributed by atoms with van der Waals surface area (Å²) >= 11 is 1.23. The highest BCUT2D eigenvalue weighted by atomic mass is 32.1. The first-order valence-corrected chi connectivity index (χ1v) is 9.29. The van der Waals surface area contributed by atoms with Crippen LogP contribution in [0.5, 0.6) is 5.75 Å². The molecule has 1 amide bonds. The number of carboxylic acid groups (broad SMARTS) is 1. The smallest absolute Gasteiger partial charge is 0.480 e. The van der Waals surface area contributed by atoms with Gasteiger partial charge in [-0.15, -0.1) is 24.5 Å². The molecule has 0 fully saturated rings. The minimum absolute atomic E-state index is 0.0913. The van der Waals surface area contributed by atoms with E-state index in [2.05, 4.69) is 15.0 Å². The fourth-order valence-electron chi connectivity index (χ4n) is 2.39. The number of halogens is 3. The lowest BCUT2D eigenvalue weighted by Gasteiger charge is -2.19. The Kier molecular flexibility index (Phi) is 7.00. The SMILES string of the molecule is CC[C@H](C)[C@@H](NC(=O)Cc1csc(-c2ccc(OC(F)(F)F)cc2)n1)C(=O)O. The van der Waals surface area contributed by atoms with E-state index in [0.29, 0.717) is 22.7 Å². The number of alkyl halides is 3. The zero-order valence-corrected chi connectivity index (χ0v) is 15.9. The quantitative estimate of drug-likeness (QED) is 0.682. The van der Waals surface area contributed by atoms with E-state index in [4.69, 9.17) is 0 Å². The third-order valence-corrected chi connectivity index (χ3v) is 4.96. The molecule has 2 rings (SSSR count). The molecule has 0 radical (unpaired) electrons. The second-order valence-corrected chi connectivity index (χ2v) is 7.02. The average molecular weight is 416 g/mol. The molecule has 6 nitrogen and oxygen atoms in total. The number of carboxylic acids is 1. The molecular weight excluding hydrogens is 397 g/mol. The summed E-state index contributed by atoms with van der Waals surface area (Å²) in [4.78, 5) is 27.7. The van der Waals surface area contributed by atoms with Crippen molar-refractivity contribution in [3.63, 3.8) is 0 Å². The Labute approximate surface area is 163 Å². The van der Waals surface area contributed by atoms with Crippen molar-refractivity contribution in [1.82, 2.24) is 10.3 Å². The summed E-state index contributed by atoms with van der Waals surface area (Å²) in [5, 5.41) is 13.9. The summed E-state index contributed by atoms with van der Waals surface area (Å²) in [6, 6.07) is 4.26. The van der Waals surface area contributed by atoms with Crippen LogP contribution in [0.3, 0.4) is 0 Å². The molecule has 0 saturated heterocycles. The minimum atomic E-state index is -4.76. The van der Waals surface area contributed by atoms with Gasteiger partial charge in [-0.05, 0) is 30.2 Å². The lowest BCUT2D eigenvalue weighted by atomic mass is 9.99. The molecule has 0 unspecified atom stereocenters. The molecule has 10 heteroatoms. The van der Waals surface area contributed by atoms with Gasteiger partial charge in [0.25, 0.3) is 0 Å². The van der Waals surface area contributed by atoms with E-state index in [1.165, 1.54) is 35.6 Å². The van der Waals surface area contributed by atoms with Gasteiger partial charge in [-0.3, -0.25) is 4.79 Å². The Morgan fingerprint density at radius 2 is 1.93 bits per heavy atom. The van der Waals surface area contributed by atoms with E-state index < -0.39 is 24.3 Å². The summed E-state index contributed by atoms with van der Waals surface area (Å²) in [7, 11) is 0. The molecule has 2 N–H and O–H groups in total. The number of aliphatic carboxylic acids is 1. The number of carbonyl (C=O) groups excluding carboxylic acids is 1. The minimum Gasteiger partial charge on any atom is -0.480 e. The number of nitrogens with one attached hydrogen (secondary N) is 1. The Morgan fingerprint density at radius 1 is 1.29 bits per heavy atom. The van der Waals surface area contributed by atoms with E-state index in [9.17, 15) is 27.9 Å². The number of thiazole rings is 1. The van der Waals surface area contributed by atoms with Crippen molar-refractivity contribution in [3.05, 3.63) is 35.3 Å². The third kappa shape index (κ3) is 6.22. The maximum atomic E-state index is 12.2. The van der Waals surface area contributed by atoms with Gasteiger partial charge in [0.05, 0.1) is 12.1 Å². The van der Waals surface area contributed by atoms with Crippen LogP contribution in [0, 0.1) is 5.92 Å². The highest BCUT2D eigenvalue weighted by molar-refractivity contribution is 7.13. The molecule has 0 saturated carbocycles. The molecule has 0 bridgehead atoms. The first kappa shape index (κ1) is 21.7. The Bertz CT molecular complexity index is 821. The van der Waals surface area contributed by atoms with E-state index in [1.807, 2.05) is 6.92 Å². The van der Waals surface area contributed by atoms with Crippen LogP contribution in [0.15, 0.2) is 29.6 Å². The standard InChI is InChI=1S/C18H19F3N2O4S/c1-3-10(2)15(17(25)26)23-14(24)8-12-9-28-16(22-12)11-4-6-13(7-5-11)27-18(19,20)21/h4-7,9-10,15H,3,8H2,1-2H3,(H,23,24)(H,25,26)/t10-,15+/m0/s1. The predicted octanol–water partition coefficient (Wildman–Crippen LogP) is 3.87. The first-order chi connectivity index (χ1) is 13.1. The Morgan fingerprint density at radius 3 is 2.46 bits per heavy atom. The predicted molar refractivity (Wildman–Crippen MR) is 97.0 cm³/mol. The Hall–Kier alpha value is -2.62. The first-order valence-electron chi connectivity index (χ1n) is 8.41. The van der Waals surface area contributed by atoms with Crippen molar-refractivity contribution in [3.8, 4) is 16.3 Å². The molecule has 0 aliphatic heterocycles. The molecule has 1 heterocycles. The molecule has 1 aromatic heterocycles. The van der Waals surface area contributed by atoms with Gasteiger partial charge in [0.1, 0.15) is 16.8 Å². The zero-order valence-electron chi connectivity index (χ0n) is 15.1. The summed E-state index contributed by atoms with van der Waals surface area (Å²) in [6.45, 7) is 3.58. The van der Waals surface area contributed by atoms with Crippen LogP contribution in [0.25, 0.3) is 10.6 Å². The molecule has 0 spiro atoms. The second kappa shape index (κ2) is 9.05. The van der Waals surface area contributed by atoms with Crippen molar-refractivity contribution in [2.24, 2.45) is 5.92 Å². The molecule has 2 aromatic rings.